The van der Waals surface area contributed by atoms with Crippen LogP contribution >= 0.6 is 0 Å². The number of nitrogens with one attached hydrogen (secondary N) is 2. The number of anilines is 1. The predicted octanol–water partition coefficient (Wildman–Crippen LogP) is 3.67. The molecule has 0 aliphatic heterocycles. The van der Waals surface area contributed by atoms with Gasteiger partial charge in [-0.05, 0) is 6.42 Å². The van der Waals surface area contributed by atoms with Crippen LogP contribution < -0.4 is 10.9 Å². The first-order chi connectivity index (χ1) is 9.13. The molecule has 0 fully saturated rings. The van der Waals surface area contributed by atoms with Crippen LogP contribution in [0.25, 0.3) is 0 Å². The minimum atomic E-state index is -0.0795. The standard InChI is InChI=1S/C15H27N3O/c1-4-5-6-7-8-9-10-16-13-11-14(19)18-15(17-13)12(2)3/h11-12H,4-10H2,1-3H3,(H2,16,17,18,19). The predicted molar refractivity (Wildman–Crippen MR) is 80.8 cm³/mol. The number of hydrogen-bond acceptors (Lipinski definition) is 3. The average molecular weight is 265 g/mol. The summed E-state index contributed by atoms with van der Waals surface area (Å²) in [5.41, 5.74) is -0.0795. The molecule has 108 valence electrons. The first-order valence-corrected chi connectivity index (χ1v) is 7.48. The van der Waals surface area contributed by atoms with Gasteiger partial charge < -0.3 is 10.3 Å². The Morgan fingerprint density at radius 2 is 1.89 bits per heavy atom. The van der Waals surface area contributed by atoms with Gasteiger partial charge in [0, 0.05) is 18.5 Å². The second-order valence-corrected chi connectivity index (χ2v) is 5.37. The van der Waals surface area contributed by atoms with Gasteiger partial charge in [-0.2, -0.15) is 0 Å². The zero-order valence-electron chi connectivity index (χ0n) is 12.5. The molecular formula is C15H27N3O. The highest BCUT2D eigenvalue weighted by atomic mass is 16.1. The number of unbranched alkanes of at least 4 members (excludes halogenated alkanes) is 5. The Morgan fingerprint density at radius 3 is 2.58 bits per heavy atom. The third-order valence-electron chi connectivity index (χ3n) is 3.14. The second-order valence-electron chi connectivity index (χ2n) is 5.37. The third kappa shape index (κ3) is 6.41. The normalized spacial score (nSPS) is 10.9. The molecule has 0 bridgehead atoms. The summed E-state index contributed by atoms with van der Waals surface area (Å²) in [5.74, 6) is 1.68. The van der Waals surface area contributed by atoms with Gasteiger partial charge in [0.05, 0.1) is 0 Å². The fraction of sp³-hybridized carbons (Fsp3) is 0.733. The number of aromatic nitrogens is 2. The quantitative estimate of drug-likeness (QED) is 0.670. The summed E-state index contributed by atoms with van der Waals surface area (Å²) in [6.07, 6.45) is 7.63. The van der Waals surface area contributed by atoms with Crippen molar-refractivity contribution in [1.82, 2.24) is 9.97 Å². The van der Waals surface area contributed by atoms with Gasteiger partial charge in [0.15, 0.2) is 0 Å². The van der Waals surface area contributed by atoms with Gasteiger partial charge in [0.1, 0.15) is 11.6 Å². The van der Waals surface area contributed by atoms with Gasteiger partial charge in [-0.25, -0.2) is 4.98 Å². The summed E-state index contributed by atoms with van der Waals surface area (Å²) >= 11 is 0. The molecular weight excluding hydrogens is 238 g/mol. The second kappa shape index (κ2) is 8.73. The van der Waals surface area contributed by atoms with E-state index >= 15 is 0 Å². The van der Waals surface area contributed by atoms with Gasteiger partial charge in [0.2, 0.25) is 0 Å². The molecule has 4 heteroatoms. The van der Waals surface area contributed by atoms with Crippen molar-refractivity contribution in [3.8, 4) is 0 Å². The maximum atomic E-state index is 11.5. The van der Waals surface area contributed by atoms with Crippen molar-refractivity contribution in [3.05, 3.63) is 22.2 Å². The summed E-state index contributed by atoms with van der Waals surface area (Å²) in [6.45, 7) is 7.16. The minimum Gasteiger partial charge on any atom is -0.370 e. The van der Waals surface area contributed by atoms with E-state index in [4.69, 9.17) is 0 Å². The molecule has 1 heterocycles. The maximum absolute atomic E-state index is 11.5. The van der Waals surface area contributed by atoms with Crippen molar-refractivity contribution in [2.45, 2.75) is 65.2 Å². The van der Waals surface area contributed by atoms with Crippen LogP contribution in [-0.2, 0) is 0 Å². The molecule has 19 heavy (non-hydrogen) atoms. The highest BCUT2D eigenvalue weighted by Crippen LogP contribution is 2.09. The smallest absolute Gasteiger partial charge is 0.252 e. The summed E-state index contributed by atoms with van der Waals surface area (Å²) in [4.78, 5) is 18.7. The van der Waals surface area contributed by atoms with Crippen LogP contribution in [0.15, 0.2) is 10.9 Å². The molecule has 0 aromatic carbocycles. The maximum Gasteiger partial charge on any atom is 0.252 e. The van der Waals surface area contributed by atoms with Crippen molar-refractivity contribution in [1.29, 1.82) is 0 Å². The van der Waals surface area contributed by atoms with E-state index in [1.165, 1.54) is 38.2 Å². The van der Waals surface area contributed by atoms with E-state index in [-0.39, 0.29) is 11.5 Å². The van der Waals surface area contributed by atoms with Crippen molar-refractivity contribution in [2.24, 2.45) is 0 Å². The van der Waals surface area contributed by atoms with Crippen LogP contribution in [0.5, 0.6) is 0 Å². The van der Waals surface area contributed by atoms with Crippen LogP contribution in [-0.4, -0.2) is 16.5 Å². The highest BCUT2D eigenvalue weighted by Gasteiger charge is 2.04. The van der Waals surface area contributed by atoms with Crippen LogP contribution in [0.1, 0.15) is 71.0 Å². The lowest BCUT2D eigenvalue weighted by molar-refractivity contribution is 0.616. The zero-order valence-corrected chi connectivity index (χ0v) is 12.5. The fourth-order valence-electron chi connectivity index (χ4n) is 1.96. The molecule has 0 unspecified atom stereocenters. The summed E-state index contributed by atoms with van der Waals surface area (Å²) in [5, 5.41) is 3.24. The van der Waals surface area contributed by atoms with Crippen molar-refractivity contribution in [2.75, 3.05) is 11.9 Å². The zero-order chi connectivity index (χ0) is 14.1. The van der Waals surface area contributed by atoms with E-state index in [0.717, 1.165) is 18.8 Å². The summed E-state index contributed by atoms with van der Waals surface area (Å²) in [7, 11) is 0. The molecule has 0 spiro atoms. The monoisotopic (exact) mass is 265 g/mol. The molecule has 0 radical (unpaired) electrons. The lowest BCUT2D eigenvalue weighted by atomic mass is 10.1. The van der Waals surface area contributed by atoms with E-state index in [1.807, 2.05) is 13.8 Å². The van der Waals surface area contributed by atoms with Crippen molar-refractivity contribution >= 4 is 5.82 Å². The molecule has 0 saturated heterocycles. The largest absolute Gasteiger partial charge is 0.370 e. The Labute approximate surface area is 116 Å². The molecule has 1 aromatic heterocycles. The van der Waals surface area contributed by atoms with Gasteiger partial charge in [-0.1, -0.05) is 52.9 Å². The molecule has 4 nitrogen and oxygen atoms in total. The number of rotatable bonds is 9. The topological polar surface area (TPSA) is 57.8 Å². The third-order valence-corrected chi connectivity index (χ3v) is 3.14. The number of nitrogens with zero attached hydrogens (tertiary/aromatic N) is 1. The Bertz CT molecular complexity index is 412. The Morgan fingerprint density at radius 1 is 1.21 bits per heavy atom. The minimum absolute atomic E-state index is 0.0795. The molecule has 2 N–H and O–H groups in total. The van der Waals surface area contributed by atoms with Crippen LogP contribution in [0, 0.1) is 0 Å². The molecule has 0 aliphatic rings. The molecule has 0 aliphatic carbocycles. The van der Waals surface area contributed by atoms with Gasteiger partial charge in [-0.3, -0.25) is 4.79 Å². The van der Waals surface area contributed by atoms with Crippen molar-refractivity contribution in [3.63, 3.8) is 0 Å². The first-order valence-electron chi connectivity index (χ1n) is 7.48. The first kappa shape index (κ1) is 15.7. The van der Waals surface area contributed by atoms with E-state index in [0.29, 0.717) is 5.82 Å². The average Bonchev–Trinajstić information content (AvgIpc) is 2.37. The van der Waals surface area contributed by atoms with E-state index in [9.17, 15) is 4.79 Å². The highest BCUT2D eigenvalue weighted by molar-refractivity contribution is 5.33. The van der Waals surface area contributed by atoms with Crippen LogP contribution in [0.3, 0.4) is 0 Å². The van der Waals surface area contributed by atoms with Crippen LogP contribution in [0.4, 0.5) is 5.82 Å². The van der Waals surface area contributed by atoms with E-state index in [1.54, 1.807) is 0 Å². The molecule has 0 atom stereocenters. The van der Waals surface area contributed by atoms with E-state index < -0.39 is 0 Å². The van der Waals surface area contributed by atoms with Gasteiger partial charge in [0.25, 0.3) is 5.56 Å². The van der Waals surface area contributed by atoms with Crippen molar-refractivity contribution < 1.29 is 0 Å². The van der Waals surface area contributed by atoms with Crippen LogP contribution in [0.2, 0.25) is 0 Å². The number of aromatic amines is 1. The lowest BCUT2D eigenvalue weighted by Gasteiger charge is -2.08. The molecule has 0 saturated carbocycles. The van der Waals surface area contributed by atoms with Gasteiger partial charge in [-0.15, -0.1) is 0 Å². The number of hydrogen-bond donors (Lipinski definition) is 2. The fourth-order valence-corrected chi connectivity index (χ4v) is 1.96. The molecule has 1 aromatic rings. The molecule has 1 rings (SSSR count). The van der Waals surface area contributed by atoms with Gasteiger partial charge >= 0.3 is 0 Å². The summed E-state index contributed by atoms with van der Waals surface area (Å²) in [6, 6.07) is 1.53. The Kier molecular flexibility index (Phi) is 7.23. The lowest BCUT2D eigenvalue weighted by Crippen LogP contribution is -2.15. The Balaban J connectivity index is 2.31. The Hall–Kier alpha value is -1.32. The summed E-state index contributed by atoms with van der Waals surface area (Å²) < 4.78 is 0. The SMILES string of the molecule is CCCCCCCCNc1cc(=O)[nH]c(C(C)C)n1. The molecule has 0 amide bonds. The van der Waals surface area contributed by atoms with E-state index in [2.05, 4.69) is 22.2 Å². The number of H-pyrrole nitrogens is 1.